The number of carbonyl (C=O) groups excluding carboxylic acids is 5. The molecular formula is C22H26N4O8. The Hall–Kier alpha value is -3.83. The Kier molecular flexibility index (Phi) is 6.31. The third kappa shape index (κ3) is 4.35. The number of hydrogen-bond acceptors (Lipinski definition) is 8. The van der Waals surface area contributed by atoms with E-state index in [1.165, 1.54) is 0 Å². The fraction of sp³-hybridized carbons (Fsp3) is 0.500. The molecule has 1 atom stereocenters. The van der Waals surface area contributed by atoms with Gasteiger partial charge in [0, 0.05) is 0 Å². The van der Waals surface area contributed by atoms with Crippen LogP contribution in [0.15, 0.2) is 27.8 Å². The Morgan fingerprint density at radius 3 is 2.56 bits per heavy atom. The normalized spacial score (nSPS) is 21.4. The number of nitrogens with zero attached hydrogens (tertiary/aromatic N) is 1. The van der Waals surface area contributed by atoms with Crippen molar-refractivity contribution >= 4 is 29.9 Å². The number of aryl methyl sites for hydroxylation is 1. The number of esters is 2. The Labute approximate surface area is 195 Å². The molecule has 0 bridgehead atoms. The van der Waals surface area contributed by atoms with Gasteiger partial charge in [-0.1, -0.05) is 12.8 Å². The van der Waals surface area contributed by atoms with Crippen molar-refractivity contribution in [2.24, 2.45) is 0 Å². The predicted molar refractivity (Wildman–Crippen MR) is 114 cm³/mol. The molecule has 1 aromatic heterocycles. The molecule has 3 aliphatic rings. The van der Waals surface area contributed by atoms with E-state index in [4.69, 9.17) is 13.9 Å². The minimum absolute atomic E-state index is 0.0130. The molecule has 0 radical (unpaired) electrons. The second-order valence-electron chi connectivity index (χ2n) is 8.36. The zero-order valence-electron chi connectivity index (χ0n) is 18.9. The number of amides is 5. The summed E-state index contributed by atoms with van der Waals surface area (Å²) in [5.74, 6) is -1.15. The van der Waals surface area contributed by atoms with Gasteiger partial charge in [-0.3, -0.25) is 14.5 Å². The summed E-state index contributed by atoms with van der Waals surface area (Å²) in [6, 6.07) is 1.07. The number of carbonyl (C=O) groups is 5. The first-order valence-electron chi connectivity index (χ1n) is 11.1. The lowest BCUT2D eigenvalue weighted by molar-refractivity contribution is -0.147. The average molecular weight is 474 g/mol. The molecular weight excluding hydrogens is 448 g/mol. The molecule has 1 spiro atoms. The molecule has 182 valence electrons. The van der Waals surface area contributed by atoms with Crippen LogP contribution in [0.5, 0.6) is 0 Å². The molecule has 3 N–H and O–H groups in total. The van der Waals surface area contributed by atoms with Crippen LogP contribution in [0.2, 0.25) is 0 Å². The molecule has 1 unspecified atom stereocenters. The van der Waals surface area contributed by atoms with Gasteiger partial charge in [0.1, 0.15) is 36.3 Å². The van der Waals surface area contributed by atoms with Crippen LogP contribution in [-0.4, -0.2) is 60.1 Å². The number of urea groups is 2. The Morgan fingerprint density at radius 1 is 1.18 bits per heavy atom. The average Bonchev–Trinajstić information content (AvgIpc) is 3.49. The maximum absolute atomic E-state index is 12.7. The smallest absolute Gasteiger partial charge is 0.338 e. The molecule has 1 aliphatic carbocycles. The van der Waals surface area contributed by atoms with Gasteiger partial charge in [0.2, 0.25) is 0 Å². The molecule has 12 nitrogen and oxygen atoms in total. The van der Waals surface area contributed by atoms with Gasteiger partial charge in [0.25, 0.3) is 5.91 Å². The maximum Gasteiger partial charge on any atom is 0.338 e. The topological polar surface area (TPSA) is 156 Å². The molecule has 12 heteroatoms. The van der Waals surface area contributed by atoms with Crippen LogP contribution < -0.4 is 16.0 Å². The number of ether oxygens (including phenoxy) is 2. The maximum atomic E-state index is 12.7. The summed E-state index contributed by atoms with van der Waals surface area (Å²) in [6.45, 7) is 2.37. The summed E-state index contributed by atoms with van der Waals surface area (Å²) in [5, 5.41) is 7.76. The van der Waals surface area contributed by atoms with Crippen LogP contribution in [0.25, 0.3) is 0 Å². The van der Waals surface area contributed by atoms with Gasteiger partial charge < -0.3 is 29.8 Å². The lowest BCUT2D eigenvalue weighted by Gasteiger charge is -2.27. The van der Waals surface area contributed by atoms with Crippen LogP contribution >= 0.6 is 0 Å². The molecule has 2 fully saturated rings. The van der Waals surface area contributed by atoms with Crippen molar-refractivity contribution in [2.75, 3.05) is 19.8 Å². The van der Waals surface area contributed by atoms with E-state index in [0.29, 0.717) is 24.4 Å². The molecule has 2 aliphatic heterocycles. The second kappa shape index (κ2) is 9.20. The van der Waals surface area contributed by atoms with E-state index in [1.54, 1.807) is 26.0 Å². The van der Waals surface area contributed by atoms with Gasteiger partial charge in [0.05, 0.1) is 17.9 Å². The SMILES string of the molecule is CCOC(=O)C1=C(COC(=O)CN2C(=O)NC3(CCCC3)C2=O)NC(=O)NC1c1ccc(C)o1. The van der Waals surface area contributed by atoms with Gasteiger partial charge >= 0.3 is 24.0 Å². The van der Waals surface area contributed by atoms with Crippen LogP contribution in [0.1, 0.15) is 50.2 Å². The molecule has 4 rings (SSSR count). The van der Waals surface area contributed by atoms with Gasteiger partial charge in [-0.25, -0.2) is 14.4 Å². The number of furan rings is 1. The minimum atomic E-state index is -0.955. The van der Waals surface area contributed by atoms with Gasteiger partial charge in [-0.05, 0) is 38.8 Å². The van der Waals surface area contributed by atoms with Crippen molar-refractivity contribution in [1.82, 2.24) is 20.9 Å². The molecule has 1 saturated heterocycles. The third-order valence-electron chi connectivity index (χ3n) is 6.06. The molecule has 1 aromatic rings. The van der Waals surface area contributed by atoms with E-state index >= 15 is 0 Å². The van der Waals surface area contributed by atoms with E-state index in [-0.39, 0.29) is 17.9 Å². The highest BCUT2D eigenvalue weighted by atomic mass is 16.5. The summed E-state index contributed by atoms with van der Waals surface area (Å²) >= 11 is 0. The Morgan fingerprint density at radius 2 is 1.91 bits per heavy atom. The first-order chi connectivity index (χ1) is 16.2. The van der Waals surface area contributed by atoms with Crippen molar-refractivity contribution in [3.63, 3.8) is 0 Å². The number of imide groups is 1. The minimum Gasteiger partial charge on any atom is -0.464 e. The van der Waals surface area contributed by atoms with E-state index < -0.39 is 54.6 Å². The van der Waals surface area contributed by atoms with E-state index in [2.05, 4.69) is 16.0 Å². The number of hydrogen-bond donors (Lipinski definition) is 3. The summed E-state index contributed by atoms with van der Waals surface area (Å²) in [4.78, 5) is 63.3. The van der Waals surface area contributed by atoms with Crippen molar-refractivity contribution in [3.05, 3.63) is 34.9 Å². The van der Waals surface area contributed by atoms with Crippen LogP contribution in [0.3, 0.4) is 0 Å². The monoisotopic (exact) mass is 474 g/mol. The predicted octanol–water partition coefficient (Wildman–Crippen LogP) is 1.17. The lowest BCUT2D eigenvalue weighted by atomic mass is 9.98. The third-order valence-corrected chi connectivity index (χ3v) is 6.06. The van der Waals surface area contributed by atoms with Gasteiger partial charge in [-0.15, -0.1) is 0 Å². The molecule has 1 saturated carbocycles. The fourth-order valence-electron chi connectivity index (χ4n) is 4.47. The standard InChI is InChI=1S/C22H26N4O8/c1-3-32-18(28)16-13(23-20(30)24-17(16)14-7-6-12(2)34-14)11-33-15(27)10-26-19(29)22(25-21(26)31)8-4-5-9-22/h6-7,17H,3-5,8-11H2,1-2H3,(H,25,31)(H2,23,24,30). The van der Waals surface area contributed by atoms with Gasteiger partial charge in [0.15, 0.2) is 0 Å². The number of nitrogens with one attached hydrogen (secondary N) is 3. The van der Waals surface area contributed by atoms with Crippen LogP contribution in [0.4, 0.5) is 9.59 Å². The van der Waals surface area contributed by atoms with Crippen molar-refractivity contribution in [1.29, 1.82) is 0 Å². The number of rotatable bonds is 7. The highest BCUT2D eigenvalue weighted by molar-refractivity contribution is 6.08. The first kappa shape index (κ1) is 23.3. The van der Waals surface area contributed by atoms with E-state index in [0.717, 1.165) is 17.7 Å². The Bertz CT molecular complexity index is 1070. The van der Waals surface area contributed by atoms with Crippen molar-refractivity contribution in [2.45, 2.75) is 51.1 Å². The fourth-order valence-corrected chi connectivity index (χ4v) is 4.47. The summed E-state index contributed by atoms with van der Waals surface area (Å²) in [7, 11) is 0. The molecule has 5 amide bonds. The van der Waals surface area contributed by atoms with Crippen molar-refractivity contribution in [3.8, 4) is 0 Å². The highest BCUT2D eigenvalue weighted by Gasteiger charge is 2.52. The quantitative estimate of drug-likeness (QED) is 0.393. The second-order valence-corrected chi connectivity index (χ2v) is 8.36. The summed E-state index contributed by atoms with van der Waals surface area (Å²) in [6.07, 6.45) is 2.70. The van der Waals surface area contributed by atoms with Crippen LogP contribution in [-0.2, 0) is 23.9 Å². The zero-order chi connectivity index (χ0) is 24.5. The zero-order valence-corrected chi connectivity index (χ0v) is 18.9. The van der Waals surface area contributed by atoms with Gasteiger partial charge in [-0.2, -0.15) is 0 Å². The molecule has 0 aromatic carbocycles. The molecule has 3 heterocycles. The molecule has 34 heavy (non-hydrogen) atoms. The highest BCUT2D eigenvalue weighted by Crippen LogP contribution is 2.35. The van der Waals surface area contributed by atoms with E-state index in [1.807, 2.05) is 0 Å². The Balaban J connectivity index is 1.50. The van der Waals surface area contributed by atoms with E-state index in [9.17, 15) is 24.0 Å². The first-order valence-corrected chi connectivity index (χ1v) is 11.1. The van der Waals surface area contributed by atoms with Crippen molar-refractivity contribution < 1.29 is 37.9 Å². The summed E-state index contributed by atoms with van der Waals surface area (Å²) in [5.41, 5.74) is -0.906. The van der Waals surface area contributed by atoms with Crippen LogP contribution in [0, 0.1) is 6.92 Å². The summed E-state index contributed by atoms with van der Waals surface area (Å²) < 4.78 is 15.9. The lowest BCUT2D eigenvalue weighted by Crippen LogP contribution is -2.47. The largest absolute Gasteiger partial charge is 0.464 e.